The van der Waals surface area contributed by atoms with E-state index >= 15 is 0 Å². The lowest BCUT2D eigenvalue weighted by Crippen LogP contribution is -2.36. The number of hydrogen-bond donors (Lipinski definition) is 2. The van der Waals surface area contributed by atoms with E-state index in [9.17, 15) is 4.79 Å². The molecule has 0 radical (unpaired) electrons. The SMILES string of the molecule is CCC(C)CC(C)NC(=O)CC(C)N. The predicted molar refractivity (Wildman–Crippen MR) is 59.9 cm³/mol. The topological polar surface area (TPSA) is 55.1 Å². The van der Waals surface area contributed by atoms with Crippen molar-refractivity contribution in [1.82, 2.24) is 5.32 Å². The summed E-state index contributed by atoms with van der Waals surface area (Å²) in [6, 6.07) is 0.210. The van der Waals surface area contributed by atoms with Gasteiger partial charge in [0, 0.05) is 18.5 Å². The summed E-state index contributed by atoms with van der Waals surface area (Å²) in [6.45, 7) is 8.26. The molecule has 84 valence electrons. The van der Waals surface area contributed by atoms with Crippen LogP contribution in [0.4, 0.5) is 0 Å². The normalized spacial score (nSPS) is 17.2. The number of rotatable bonds is 6. The number of nitrogens with one attached hydrogen (secondary N) is 1. The van der Waals surface area contributed by atoms with Crippen LogP contribution in [0.5, 0.6) is 0 Å². The molecule has 0 fully saturated rings. The summed E-state index contributed by atoms with van der Waals surface area (Å²) in [5.74, 6) is 0.733. The van der Waals surface area contributed by atoms with Gasteiger partial charge in [0.25, 0.3) is 0 Å². The molecule has 0 bridgehead atoms. The Bertz CT molecular complexity index is 169. The molecule has 0 saturated carbocycles. The average Bonchev–Trinajstić information content (AvgIpc) is 2.01. The molecule has 0 spiro atoms. The van der Waals surface area contributed by atoms with Crippen LogP contribution in [-0.2, 0) is 4.79 Å². The van der Waals surface area contributed by atoms with Crippen molar-refractivity contribution in [3.8, 4) is 0 Å². The van der Waals surface area contributed by atoms with Gasteiger partial charge in [-0.1, -0.05) is 20.3 Å². The third-order valence-electron chi connectivity index (χ3n) is 2.37. The molecule has 0 aromatic heterocycles. The third-order valence-corrected chi connectivity index (χ3v) is 2.37. The quantitative estimate of drug-likeness (QED) is 0.685. The van der Waals surface area contributed by atoms with Gasteiger partial charge in [-0.15, -0.1) is 0 Å². The standard InChI is InChI=1S/C11H24N2O/c1-5-8(2)6-10(4)13-11(14)7-9(3)12/h8-10H,5-7,12H2,1-4H3,(H,13,14). The van der Waals surface area contributed by atoms with Gasteiger partial charge in [-0.2, -0.15) is 0 Å². The molecular formula is C11H24N2O. The summed E-state index contributed by atoms with van der Waals surface area (Å²) in [7, 11) is 0. The van der Waals surface area contributed by atoms with Gasteiger partial charge in [-0.05, 0) is 26.2 Å². The maximum absolute atomic E-state index is 11.3. The van der Waals surface area contributed by atoms with Gasteiger partial charge in [0.05, 0.1) is 0 Å². The highest BCUT2D eigenvalue weighted by atomic mass is 16.1. The first kappa shape index (κ1) is 13.4. The van der Waals surface area contributed by atoms with Crippen molar-refractivity contribution in [3.05, 3.63) is 0 Å². The van der Waals surface area contributed by atoms with Crippen LogP contribution in [0.3, 0.4) is 0 Å². The molecule has 3 N–H and O–H groups in total. The zero-order chi connectivity index (χ0) is 11.1. The van der Waals surface area contributed by atoms with Crippen molar-refractivity contribution >= 4 is 5.91 Å². The van der Waals surface area contributed by atoms with Crippen LogP contribution in [-0.4, -0.2) is 18.0 Å². The molecule has 0 aliphatic heterocycles. The van der Waals surface area contributed by atoms with Gasteiger partial charge in [0.1, 0.15) is 0 Å². The van der Waals surface area contributed by atoms with E-state index in [2.05, 4.69) is 19.2 Å². The van der Waals surface area contributed by atoms with E-state index in [-0.39, 0.29) is 18.0 Å². The Hall–Kier alpha value is -0.570. The molecule has 3 atom stereocenters. The highest BCUT2D eigenvalue weighted by Gasteiger charge is 2.11. The van der Waals surface area contributed by atoms with Gasteiger partial charge >= 0.3 is 0 Å². The molecule has 0 rings (SSSR count). The average molecular weight is 200 g/mol. The molecule has 0 aliphatic rings. The van der Waals surface area contributed by atoms with Crippen molar-refractivity contribution in [2.45, 2.75) is 59.0 Å². The van der Waals surface area contributed by atoms with E-state index in [0.29, 0.717) is 12.3 Å². The number of nitrogens with two attached hydrogens (primary N) is 1. The number of hydrogen-bond acceptors (Lipinski definition) is 2. The second-order valence-corrected chi connectivity index (χ2v) is 4.40. The lowest BCUT2D eigenvalue weighted by atomic mass is 10.0. The van der Waals surface area contributed by atoms with Crippen LogP contribution in [0, 0.1) is 5.92 Å². The van der Waals surface area contributed by atoms with E-state index in [4.69, 9.17) is 5.73 Å². The second kappa shape index (κ2) is 6.82. The fourth-order valence-corrected chi connectivity index (χ4v) is 1.46. The van der Waals surface area contributed by atoms with Crippen molar-refractivity contribution in [2.75, 3.05) is 0 Å². The van der Waals surface area contributed by atoms with Crippen LogP contribution >= 0.6 is 0 Å². The predicted octanol–water partition coefficient (Wildman–Crippen LogP) is 1.66. The van der Waals surface area contributed by atoms with E-state index in [1.807, 2.05) is 13.8 Å². The minimum atomic E-state index is -0.0502. The van der Waals surface area contributed by atoms with Crippen molar-refractivity contribution in [2.24, 2.45) is 11.7 Å². The monoisotopic (exact) mass is 200 g/mol. The van der Waals surface area contributed by atoms with Crippen molar-refractivity contribution in [1.29, 1.82) is 0 Å². The van der Waals surface area contributed by atoms with Gasteiger partial charge in [-0.25, -0.2) is 0 Å². The number of carbonyl (C=O) groups is 1. The smallest absolute Gasteiger partial charge is 0.221 e. The molecule has 0 aliphatic carbocycles. The molecule has 0 saturated heterocycles. The zero-order valence-electron chi connectivity index (χ0n) is 9.84. The van der Waals surface area contributed by atoms with E-state index in [0.717, 1.165) is 12.8 Å². The Kier molecular flexibility index (Phi) is 6.54. The largest absolute Gasteiger partial charge is 0.354 e. The summed E-state index contributed by atoms with van der Waals surface area (Å²) in [5, 5.41) is 2.96. The first-order valence-corrected chi connectivity index (χ1v) is 5.50. The van der Waals surface area contributed by atoms with E-state index in [1.165, 1.54) is 0 Å². The Balaban J connectivity index is 3.71. The molecule has 3 unspecified atom stereocenters. The summed E-state index contributed by atoms with van der Waals surface area (Å²) >= 11 is 0. The molecule has 0 aromatic carbocycles. The van der Waals surface area contributed by atoms with Crippen LogP contribution in [0.2, 0.25) is 0 Å². The first-order chi connectivity index (χ1) is 6.45. The Morgan fingerprint density at radius 3 is 2.36 bits per heavy atom. The van der Waals surface area contributed by atoms with Crippen LogP contribution in [0.25, 0.3) is 0 Å². The fourth-order valence-electron chi connectivity index (χ4n) is 1.46. The maximum atomic E-state index is 11.3. The summed E-state index contributed by atoms with van der Waals surface area (Å²) < 4.78 is 0. The summed E-state index contributed by atoms with van der Waals surface area (Å²) in [5.41, 5.74) is 5.54. The molecule has 1 amide bonds. The van der Waals surface area contributed by atoms with Crippen LogP contribution in [0.1, 0.15) is 47.0 Å². The molecule has 0 aromatic rings. The Morgan fingerprint density at radius 2 is 1.93 bits per heavy atom. The molecular weight excluding hydrogens is 176 g/mol. The van der Waals surface area contributed by atoms with Crippen molar-refractivity contribution < 1.29 is 4.79 Å². The summed E-state index contributed by atoms with van der Waals surface area (Å²) in [4.78, 5) is 11.3. The van der Waals surface area contributed by atoms with Gasteiger partial charge in [0.2, 0.25) is 5.91 Å². The summed E-state index contributed by atoms with van der Waals surface area (Å²) in [6.07, 6.45) is 2.62. The van der Waals surface area contributed by atoms with Crippen LogP contribution < -0.4 is 11.1 Å². The van der Waals surface area contributed by atoms with Gasteiger partial charge in [-0.3, -0.25) is 4.79 Å². The van der Waals surface area contributed by atoms with Crippen LogP contribution in [0.15, 0.2) is 0 Å². The number of amides is 1. The van der Waals surface area contributed by atoms with E-state index < -0.39 is 0 Å². The lowest BCUT2D eigenvalue weighted by molar-refractivity contribution is -0.122. The fraction of sp³-hybridized carbons (Fsp3) is 0.909. The first-order valence-electron chi connectivity index (χ1n) is 5.50. The third kappa shape index (κ3) is 6.89. The molecule has 3 nitrogen and oxygen atoms in total. The zero-order valence-corrected chi connectivity index (χ0v) is 9.84. The minimum absolute atomic E-state index is 0.0502. The Morgan fingerprint density at radius 1 is 1.36 bits per heavy atom. The highest BCUT2D eigenvalue weighted by molar-refractivity contribution is 5.76. The number of carbonyl (C=O) groups excluding carboxylic acids is 1. The minimum Gasteiger partial charge on any atom is -0.354 e. The molecule has 14 heavy (non-hydrogen) atoms. The van der Waals surface area contributed by atoms with Gasteiger partial charge in [0.15, 0.2) is 0 Å². The van der Waals surface area contributed by atoms with E-state index in [1.54, 1.807) is 0 Å². The highest BCUT2D eigenvalue weighted by Crippen LogP contribution is 2.09. The Labute approximate surface area is 87.4 Å². The molecule has 0 heterocycles. The molecule has 3 heteroatoms. The second-order valence-electron chi connectivity index (χ2n) is 4.40. The maximum Gasteiger partial charge on any atom is 0.221 e. The lowest BCUT2D eigenvalue weighted by Gasteiger charge is -2.18. The van der Waals surface area contributed by atoms with Gasteiger partial charge < -0.3 is 11.1 Å². The van der Waals surface area contributed by atoms with Crippen molar-refractivity contribution in [3.63, 3.8) is 0 Å².